The molecular weight excluding hydrogens is 332 g/mol. The first kappa shape index (κ1) is 14.5. The Morgan fingerprint density at radius 2 is 1.83 bits per heavy atom. The van der Waals surface area contributed by atoms with Crippen LogP contribution in [0.15, 0.2) is 58.2 Å². The molecular formula is C17H13ClN2O2S. The van der Waals surface area contributed by atoms with E-state index in [1.54, 1.807) is 24.3 Å². The van der Waals surface area contributed by atoms with Crippen LogP contribution in [0.4, 0.5) is 0 Å². The molecule has 0 aliphatic carbocycles. The highest BCUT2D eigenvalue weighted by Gasteiger charge is 2.24. The molecule has 1 unspecified atom stereocenters. The molecule has 0 amide bonds. The Balaban J connectivity index is 1.96. The molecule has 6 heteroatoms. The van der Waals surface area contributed by atoms with Gasteiger partial charge in [0.05, 0.1) is 22.2 Å². The molecule has 2 aromatic carbocycles. The Hall–Kier alpha value is -2.11. The molecule has 3 aromatic rings. The third-order valence-corrected chi connectivity index (χ3v) is 5.68. The second-order valence-electron chi connectivity index (χ2n) is 5.38. The van der Waals surface area contributed by atoms with Crippen molar-refractivity contribution in [2.24, 2.45) is 0 Å². The fraction of sp³-hybridized carbons (Fsp3) is 0.118. The summed E-state index contributed by atoms with van der Waals surface area (Å²) < 4.78 is 13.9. The van der Waals surface area contributed by atoms with Gasteiger partial charge in [-0.15, -0.1) is 0 Å². The lowest BCUT2D eigenvalue weighted by molar-refractivity contribution is 0.683. The summed E-state index contributed by atoms with van der Waals surface area (Å²) in [6, 6.07) is 14.6. The van der Waals surface area contributed by atoms with Crippen LogP contribution in [0.2, 0.25) is 5.02 Å². The summed E-state index contributed by atoms with van der Waals surface area (Å²) in [5.74, 6) is 0.456. The highest BCUT2D eigenvalue weighted by atomic mass is 35.5. The van der Waals surface area contributed by atoms with E-state index in [-0.39, 0.29) is 5.56 Å². The zero-order valence-electron chi connectivity index (χ0n) is 12.1. The number of nitrogens with one attached hydrogen (secondary N) is 1. The molecule has 0 saturated heterocycles. The third kappa shape index (κ3) is 2.36. The molecule has 0 bridgehead atoms. The predicted molar refractivity (Wildman–Crippen MR) is 91.8 cm³/mol. The first-order valence-corrected chi connectivity index (χ1v) is 8.92. The van der Waals surface area contributed by atoms with E-state index in [0.29, 0.717) is 22.8 Å². The number of nitrogens with zero attached hydrogens (tertiary/aromatic N) is 1. The number of fused-ring (bicyclic) bond motifs is 3. The molecule has 2 heterocycles. The van der Waals surface area contributed by atoms with Gasteiger partial charge in [0.25, 0.3) is 5.56 Å². The summed E-state index contributed by atoms with van der Waals surface area (Å²) in [6.45, 7) is 0. The largest absolute Gasteiger partial charge is 0.290 e. The topological polar surface area (TPSA) is 54.9 Å². The standard InChI is InChI=1S/C17H13ClN2O2S/c18-11-5-7-12(8-6-11)20-17(21)14-9-10-23(22)15-4-2-1-3-13(15)16(14)19-20/h1-8,19H,9-10H2. The fourth-order valence-electron chi connectivity index (χ4n) is 2.88. The van der Waals surface area contributed by atoms with Gasteiger partial charge in [-0.3, -0.25) is 14.1 Å². The number of hydrogen-bond acceptors (Lipinski definition) is 2. The summed E-state index contributed by atoms with van der Waals surface area (Å²) in [4.78, 5) is 13.5. The number of halogens is 1. The molecule has 1 aromatic heterocycles. The summed E-state index contributed by atoms with van der Waals surface area (Å²) in [5.41, 5.74) is 2.90. The first-order valence-electron chi connectivity index (χ1n) is 7.23. The van der Waals surface area contributed by atoms with Gasteiger partial charge >= 0.3 is 0 Å². The SMILES string of the molecule is O=c1c2c([nH]n1-c1ccc(Cl)cc1)-c1ccccc1S(=O)CC2. The minimum Gasteiger partial charge on any atom is -0.290 e. The smallest absolute Gasteiger partial charge is 0.275 e. The maximum atomic E-state index is 12.8. The average molecular weight is 345 g/mol. The quantitative estimate of drug-likeness (QED) is 0.737. The van der Waals surface area contributed by atoms with Crippen molar-refractivity contribution in [3.63, 3.8) is 0 Å². The Morgan fingerprint density at radius 3 is 2.61 bits per heavy atom. The van der Waals surface area contributed by atoms with Gasteiger partial charge in [0.2, 0.25) is 0 Å². The molecule has 1 N–H and O–H groups in total. The van der Waals surface area contributed by atoms with Gasteiger partial charge in [-0.1, -0.05) is 29.8 Å². The lowest BCUT2D eigenvalue weighted by atomic mass is 10.1. The van der Waals surface area contributed by atoms with Crippen LogP contribution in [-0.4, -0.2) is 19.7 Å². The highest BCUT2D eigenvalue weighted by molar-refractivity contribution is 7.85. The van der Waals surface area contributed by atoms with Crippen LogP contribution >= 0.6 is 11.6 Å². The summed E-state index contributed by atoms with van der Waals surface area (Å²) in [7, 11) is -1.09. The van der Waals surface area contributed by atoms with Crippen molar-refractivity contribution in [3.05, 3.63) is 69.5 Å². The van der Waals surface area contributed by atoms with E-state index in [9.17, 15) is 9.00 Å². The molecule has 23 heavy (non-hydrogen) atoms. The van der Waals surface area contributed by atoms with Crippen LogP contribution in [-0.2, 0) is 17.2 Å². The van der Waals surface area contributed by atoms with Crippen LogP contribution in [0, 0.1) is 0 Å². The molecule has 1 aliphatic heterocycles. The van der Waals surface area contributed by atoms with Crippen LogP contribution in [0.5, 0.6) is 0 Å². The van der Waals surface area contributed by atoms with E-state index in [1.807, 2.05) is 24.3 Å². The van der Waals surface area contributed by atoms with E-state index < -0.39 is 10.8 Å². The third-order valence-electron chi connectivity index (χ3n) is 4.01. The summed E-state index contributed by atoms with van der Waals surface area (Å²) >= 11 is 5.91. The Labute approximate surface area is 140 Å². The van der Waals surface area contributed by atoms with E-state index in [4.69, 9.17) is 11.6 Å². The molecule has 116 valence electrons. The van der Waals surface area contributed by atoms with E-state index in [2.05, 4.69) is 5.10 Å². The summed E-state index contributed by atoms with van der Waals surface area (Å²) in [5, 5.41) is 3.80. The van der Waals surface area contributed by atoms with Crippen molar-refractivity contribution in [2.45, 2.75) is 11.3 Å². The van der Waals surface area contributed by atoms with Crippen molar-refractivity contribution in [1.29, 1.82) is 0 Å². The van der Waals surface area contributed by atoms with Crippen molar-refractivity contribution >= 4 is 22.4 Å². The average Bonchev–Trinajstić information content (AvgIpc) is 2.82. The zero-order valence-corrected chi connectivity index (χ0v) is 13.7. The molecule has 4 nitrogen and oxygen atoms in total. The summed E-state index contributed by atoms with van der Waals surface area (Å²) in [6.07, 6.45) is 0.493. The normalized spacial score (nSPS) is 16.5. The lowest BCUT2D eigenvalue weighted by Crippen LogP contribution is -2.18. The molecule has 0 fully saturated rings. The van der Waals surface area contributed by atoms with Gasteiger partial charge in [0.1, 0.15) is 0 Å². The molecule has 0 radical (unpaired) electrons. The molecule has 4 rings (SSSR count). The monoisotopic (exact) mass is 344 g/mol. The molecule has 0 spiro atoms. The van der Waals surface area contributed by atoms with Crippen LogP contribution in [0.25, 0.3) is 16.9 Å². The van der Waals surface area contributed by atoms with Crippen molar-refractivity contribution in [2.75, 3.05) is 5.75 Å². The van der Waals surface area contributed by atoms with Crippen molar-refractivity contribution in [1.82, 2.24) is 9.78 Å². The number of H-pyrrole nitrogens is 1. The van der Waals surface area contributed by atoms with Crippen LogP contribution in [0.3, 0.4) is 0 Å². The van der Waals surface area contributed by atoms with E-state index in [0.717, 1.165) is 21.8 Å². The number of rotatable bonds is 1. The predicted octanol–water partition coefficient (Wildman–Crippen LogP) is 3.15. The maximum Gasteiger partial charge on any atom is 0.275 e. The highest BCUT2D eigenvalue weighted by Crippen LogP contribution is 2.30. The Bertz CT molecular complexity index is 973. The van der Waals surface area contributed by atoms with Gasteiger partial charge in [0, 0.05) is 26.8 Å². The van der Waals surface area contributed by atoms with Gasteiger partial charge in [-0.25, -0.2) is 4.68 Å². The number of benzene rings is 2. The van der Waals surface area contributed by atoms with Gasteiger partial charge in [-0.05, 0) is 36.8 Å². The molecule has 1 atom stereocenters. The second kappa shape index (κ2) is 5.51. The Morgan fingerprint density at radius 1 is 1.09 bits per heavy atom. The number of aromatic amines is 1. The first-order chi connectivity index (χ1) is 11.1. The van der Waals surface area contributed by atoms with Gasteiger partial charge in [0.15, 0.2) is 0 Å². The molecule has 1 aliphatic rings. The minimum absolute atomic E-state index is 0.101. The van der Waals surface area contributed by atoms with Gasteiger partial charge < -0.3 is 0 Å². The van der Waals surface area contributed by atoms with Crippen molar-refractivity contribution in [3.8, 4) is 16.9 Å². The fourth-order valence-corrected chi connectivity index (χ4v) is 4.26. The Kier molecular flexibility index (Phi) is 3.47. The lowest BCUT2D eigenvalue weighted by Gasteiger charge is -2.05. The minimum atomic E-state index is -1.09. The van der Waals surface area contributed by atoms with E-state index in [1.165, 1.54) is 4.68 Å². The van der Waals surface area contributed by atoms with Gasteiger partial charge in [-0.2, -0.15) is 0 Å². The van der Waals surface area contributed by atoms with E-state index >= 15 is 0 Å². The second-order valence-corrected chi connectivity index (χ2v) is 7.35. The van der Waals surface area contributed by atoms with Crippen LogP contribution in [0.1, 0.15) is 5.56 Å². The number of hydrogen-bond donors (Lipinski definition) is 1. The zero-order chi connectivity index (χ0) is 16.0. The maximum absolute atomic E-state index is 12.8. The number of aromatic nitrogens is 2. The van der Waals surface area contributed by atoms with Crippen molar-refractivity contribution < 1.29 is 4.21 Å². The molecule has 0 saturated carbocycles. The van der Waals surface area contributed by atoms with Crippen LogP contribution < -0.4 is 5.56 Å².